The summed E-state index contributed by atoms with van der Waals surface area (Å²) in [6.45, 7) is 2.71. The monoisotopic (exact) mass is 424 g/mol. The summed E-state index contributed by atoms with van der Waals surface area (Å²) in [7, 11) is 13.0. The Morgan fingerprint density at radius 2 is 2.16 bits per heavy atom. The molecule has 2 aliphatic rings. The van der Waals surface area contributed by atoms with Crippen molar-refractivity contribution in [2.75, 3.05) is 13.2 Å². The van der Waals surface area contributed by atoms with Gasteiger partial charge in [-0.3, -0.25) is 4.79 Å². The molecular formula is C19H25B3N3O6. The minimum Gasteiger partial charge on any atom is -0.463 e. The molecular weight excluding hydrogens is 399 g/mol. The quantitative estimate of drug-likeness (QED) is 0.262. The molecule has 0 amide bonds. The highest BCUT2D eigenvalue weighted by atomic mass is 16.6. The molecule has 2 saturated heterocycles. The van der Waals surface area contributed by atoms with E-state index < -0.39 is 12.1 Å². The van der Waals surface area contributed by atoms with E-state index in [1.165, 1.54) is 7.17 Å². The molecule has 0 aromatic carbocycles. The van der Waals surface area contributed by atoms with Crippen LogP contribution in [0.25, 0.3) is 0 Å². The number of ether oxygens (including phenoxy) is 5. The fourth-order valence-electron chi connectivity index (χ4n) is 3.58. The van der Waals surface area contributed by atoms with Crippen LogP contribution in [0.1, 0.15) is 31.9 Å². The Morgan fingerprint density at radius 3 is 2.90 bits per heavy atom. The van der Waals surface area contributed by atoms with Crippen molar-refractivity contribution < 1.29 is 28.5 Å². The number of aromatic nitrogens is 3. The molecule has 2 fully saturated rings. The maximum Gasteiger partial charge on any atom is 0.305 e. The van der Waals surface area contributed by atoms with Crippen LogP contribution in [0.15, 0.2) is 6.20 Å². The summed E-state index contributed by atoms with van der Waals surface area (Å²) in [5.41, 5.74) is 0.644. The molecule has 3 heterocycles. The number of hydrogen-bond donors (Lipinski definition) is 0. The summed E-state index contributed by atoms with van der Waals surface area (Å²) < 4.78 is 29.9. The lowest BCUT2D eigenvalue weighted by molar-refractivity contribution is -0.149. The minimum atomic E-state index is -0.460. The lowest BCUT2D eigenvalue weighted by atomic mass is 9.51. The zero-order valence-corrected chi connectivity index (χ0v) is 17.6. The van der Waals surface area contributed by atoms with Crippen molar-refractivity contribution in [2.45, 2.75) is 75.8 Å². The van der Waals surface area contributed by atoms with Gasteiger partial charge in [0, 0.05) is 26.2 Å². The second-order valence-electron chi connectivity index (χ2n) is 7.46. The highest BCUT2D eigenvalue weighted by Crippen LogP contribution is 2.25. The highest BCUT2D eigenvalue weighted by Gasteiger charge is 2.36. The van der Waals surface area contributed by atoms with Gasteiger partial charge in [0.05, 0.1) is 38.7 Å². The van der Waals surface area contributed by atoms with Crippen molar-refractivity contribution >= 4 is 28.7 Å². The summed E-state index contributed by atoms with van der Waals surface area (Å²) in [5, 5.41) is 8.29. The molecule has 3 rings (SSSR count). The predicted molar refractivity (Wildman–Crippen MR) is 112 cm³/mol. The van der Waals surface area contributed by atoms with Crippen molar-refractivity contribution in [1.29, 1.82) is 0 Å². The zero-order valence-electron chi connectivity index (χ0n) is 17.6. The van der Waals surface area contributed by atoms with Gasteiger partial charge in [0.25, 0.3) is 0 Å². The Kier molecular flexibility index (Phi) is 9.02. The summed E-state index contributed by atoms with van der Waals surface area (Å²) in [6, 6.07) is -0.651. The van der Waals surface area contributed by atoms with E-state index in [1.54, 1.807) is 17.8 Å². The molecule has 6 atom stereocenters. The lowest BCUT2D eigenvalue weighted by Crippen LogP contribution is -2.30. The van der Waals surface area contributed by atoms with E-state index in [1.807, 2.05) is 0 Å². The SMILES string of the molecule is [B][B]C1CC(OCC#C)C(Cn2cc(COC3CC([B])OC3COC(=O)CC)nn2)O1. The first-order valence-electron chi connectivity index (χ1n) is 10.3. The van der Waals surface area contributed by atoms with Gasteiger partial charge in [0.1, 0.15) is 39.0 Å². The lowest BCUT2D eigenvalue weighted by Gasteiger charge is -2.18. The number of carbonyl (C=O) groups is 1. The van der Waals surface area contributed by atoms with Crippen LogP contribution in [0.5, 0.6) is 0 Å². The molecule has 31 heavy (non-hydrogen) atoms. The van der Waals surface area contributed by atoms with E-state index in [9.17, 15) is 4.79 Å². The van der Waals surface area contributed by atoms with Crippen LogP contribution >= 0.6 is 0 Å². The minimum absolute atomic E-state index is 0.106. The molecule has 5 radical (unpaired) electrons. The van der Waals surface area contributed by atoms with Crippen molar-refractivity contribution in [1.82, 2.24) is 15.0 Å². The highest BCUT2D eigenvalue weighted by molar-refractivity contribution is 6.90. The topological polar surface area (TPSA) is 93.9 Å². The Labute approximate surface area is 185 Å². The van der Waals surface area contributed by atoms with Crippen LogP contribution < -0.4 is 0 Å². The molecule has 2 aliphatic heterocycles. The third-order valence-corrected chi connectivity index (χ3v) is 5.15. The third-order valence-electron chi connectivity index (χ3n) is 5.15. The van der Waals surface area contributed by atoms with Gasteiger partial charge in [-0.15, -0.1) is 11.5 Å². The van der Waals surface area contributed by atoms with Gasteiger partial charge >= 0.3 is 5.97 Å². The van der Waals surface area contributed by atoms with E-state index in [2.05, 4.69) is 16.2 Å². The van der Waals surface area contributed by atoms with Gasteiger partial charge in [-0.25, -0.2) is 4.68 Å². The Bertz CT molecular complexity index is 760. The molecule has 0 bridgehead atoms. The summed E-state index contributed by atoms with van der Waals surface area (Å²) in [5.74, 6) is 2.17. The normalized spacial score (nSPS) is 30.2. The van der Waals surface area contributed by atoms with Crippen LogP contribution in [-0.2, 0) is 41.6 Å². The van der Waals surface area contributed by atoms with Gasteiger partial charge in [-0.1, -0.05) is 18.1 Å². The maximum absolute atomic E-state index is 11.4. The van der Waals surface area contributed by atoms with Gasteiger partial charge in [0.15, 0.2) is 0 Å². The van der Waals surface area contributed by atoms with Crippen molar-refractivity contribution in [3.8, 4) is 12.3 Å². The Hall–Kier alpha value is -1.80. The molecule has 12 heteroatoms. The number of rotatable bonds is 11. The standard InChI is InChI=1S/C19H25B3N3O6/c1-3-5-27-14-7-18(22-21)31-15(14)9-25-8-12(23-24-25)10-28-13-6-17(20)30-16(13)11-29-19(26)4-2/h1,8,13-18H,4-7,9-11H2,2H3. The first-order valence-corrected chi connectivity index (χ1v) is 10.3. The van der Waals surface area contributed by atoms with E-state index in [0.29, 0.717) is 31.5 Å². The van der Waals surface area contributed by atoms with Crippen LogP contribution in [0.2, 0.25) is 0 Å². The summed E-state index contributed by atoms with van der Waals surface area (Å²) in [4.78, 5) is 11.4. The average Bonchev–Trinajstić information content (AvgIpc) is 3.47. The fourth-order valence-corrected chi connectivity index (χ4v) is 3.58. The molecule has 0 N–H and O–H groups in total. The number of esters is 1. The largest absolute Gasteiger partial charge is 0.463 e. The van der Waals surface area contributed by atoms with Crippen LogP contribution in [0.4, 0.5) is 0 Å². The van der Waals surface area contributed by atoms with Crippen molar-refractivity contribution in [2.24, 2.45) is 0 Å². The molecule has 9 nitrogen and oxygen atoms in total. The van der Waals surface area contributed by atoms with Gasteiger partial charge < -0.3 is 23.7 Å². The Morgan fingerprint density at radius 1 is 1.35 bits per heavy atom. The number of carbonyl (C=O) groups excluding carboxylic acids is 1. The second kappa shape index (κ2) is 11.7. The first-order chi connectivity index (χ1) is 15.0. The van der Waals surface area contributed by atoms with Crippen LogP contribution in [0, 0.1) is 12.3 Å². The van der Waals surface area contributed by atoms with Crippen molar-refractivity contribution in [3.63, 3.8) is 0 Å². The first kappa shape index (κ1) is 23.9. The maximum atomic E-state index is 11.4. The molecule has 0 aliphatic carbocycles. The third kappa shape index (κ3) is 6.84. The molecule has 161 valence electrons. The van der Waals surface area contributed by atoms with Crippen LogP contribution in [0.3, 0.4) is 0 Å². The van der Waals surface area contributed by atoms with Gasteiger partial charge in [-0.2, -0.15) is 0 Å². The van der Waals surface area contributed by atoms with Crippen molar-refractivity contribution in [3.05, 3.63) is 11.9 Å². The van der Waals surface area contributed by atoms with Crippen LogP contribution in [-0.4, -0.2) is 93.4 Å². The average molecular weight is 424 g/mol. The van der Waals surface area contributed by atoms with E-state index >= 15 is 0 Å². The van der Waals surface area contributed by atoms with E-state index in [0.717, 1.165) is 0 Å². The molecule has 1 aromatic rings. The van der Waals surface area contributed by atoms with E-state index in [-0.39, 0.29) is 50.1 Å². The summed E-state index contributed by atoms with van der Waals surface area (Å²) >= 11 is 0. The predicted octanol–water partition coefficient (Wildman–Crippen LogP) is -0.679. The molecule has 1 aromatic heterocycles. The van der Waals surface area contributed by atoms with Gasteiger partial charge in [-0.05, 0) is 12.8 Å². The fraction of sp³-hybridized carbons (Fsp3) is 0.737. The molecule has 0 spiro atoms. The Balaban J connectivity index is 1.50. The van der Waals surface area contributed by atoms with Gasteiger partial charge in [0.2, 0.25) is 0 Å². The summed E-state index contributed by atoms with van der Waals surface area (Å²) in [6.07, 6.45) is 7.39. The number of terminal acetylenes is 1. The molecule has 6 unspecified atom stereocenters. The molecule has 0 saturated carbocycles. The van der Waals surface area contributed by atoms with E-state index in [4.69, 9.17) is 45.7 Å². The number of hydrogen-bond acceptors (Lipinski definition) is 8. The number of nitrogens with zero attached hydrogens (tertiary/aromatic N) is 3. The smallest absolute Gasteiger partial charge is 0.305 e. The second-order valence-corrected chi connectivity index (χ2v) is 7.46. The zero-order chi connectivity index (χ0) is 22.2.